The first kappa shape index (κ1) is 35.2. The molecular formula is C36H58O4S. The SMILES string of the molecule is CCCCc1cc(O)c(CCCC)c(CCCC)c1S(=O)(=O)c1c(CCCC)cc(O)c(CCCC)c1CCCC. The zero-order valence-corrected chi connectivity index (χ0v) is 27.8. The Morgan fingerprint density at radius 1 is 0.463 bits per heavy atom. The Morgan fingerprint density at radius 2 is 0.732 bits per heavy atom. The molecular weight excluding hydrogens is 528 g/mol. The van der Waals surface area contributed by atoms with E-state index in [0.29, 0.717) is 48.3 Å². The van der Waals surface area contributed by atoms with Crippen molar-refractivity contribution in [2.24, 2.45) is 0 Å². The van der Waals surface area contributed by atoms with Crippen molar-refractivity contribution in [3.05, 3.63) is 45.5 Å². The highest BCUT2D eigenvalue weighted by Gasteiger charge is 2.33. The van der Waals surface area contributed by atoms with Crippen molar-refractivity contribution >= 4 is 9.84 Å². The average Bonchev–Trinajstić information content (AvgIpc) is 2.95. The Kier molecular flexibility index (Phi) is 15.3. The van der Waals surface area contributed by atoms with Gasteiger partial charge in [0, 0.05) is 0 Å². The van der Waals surface area contributed by atoms with Crippen LogP contribution in [-0.2, 0) is 48.4 Å². The molecule has 0 aliphatic carbocycles. The van der Waals surface area contributed by atoms with E-state index in [0.717, 1.165) is 110 Å². The van der Waals surface area contributed by atoms with Gasteiger partial charge in [-0.3, -0.25) is 0 Å². The highest BCUT2D eigenvalue weighted by Crippen LogP contribution is 2.42. The highest BCUT2D eigenvalue weighted by atomic mass is 32.2. The van der Waals surface area contributed by atoms with Crippen LogP contribution in [0.2, 0.25) is 0 Å². The summed E-state index contributed by atoms with van der Waals surface area (Å²) in [7, 11) is -3.93. The molecule has 0 fully saturated rings. The van der Waals surface area contributed by atoms with Gasteiger partial charge in [-0.15, -0.1) is 0 Å². The van der Waals surface area contributed by atoms with Gasteiger partial charge in [-0.2, -0.15) is 0 Å². The molecule has 2 rings (SSSR count). The van der Waals surface area contributed by atoms with Crippen LogP contribution in [-0.4, -0.2) is 18.6 Å². The molecule has 0 aromatic heterocycles. The molecule has 0 heterocycles. The van der Waals surface area contributed by atoms with Gasteiger partial charge in [-0.05, 0) is 123 Å². The smallest absolute Gasteiger partial charge is 0.207 e. The van der Waals surface area contributed by atoms with Gasteiger partial charge in [0.2, 0.25) is 9.84 Å². The highest BCUT2D eigenvalue weighted by molar-refractivity contribution is 7.91. The van der Waals surface area contributed by atoms with E-state index in [9.17, 15) is 10.2 Å². The van der Waals surface area contributed by atoms with E-state index in [1.54, 1.807) is 12.1 Å². The van der Waals surface area contributed by atoms with Crippen molar-refractivity contribution in [1.82, 2.24) is 0 Å². The van der Waals surface area contributed by atoms with Gasteiger partial charge in [-0.25, -0.2) is 8.42 Å². The molecule has 0 radical (unpaired) electrons. The topological polar surface area (TPSA) is 74.6 Å². The standard InChI is InChI=1S/C36H58O4S/c1-7-13-19-27-25-33(37)29(21-15-9-3)31(23-17-11-5)35(27)41(39,40)36-28(20-14-8-2)26-34(38)30(22-16-10-4)32(36)24-18-12-6/h25-26,37-38H,7-24H2,1-6H3. The van der Waals surface area contributed by atoms with Gasteiger partial charge >= 0.3 is 0 Å². The van der Waals surface area contributed by atoms with Crippen molar-refractivity contribution in [3.8, 4) is 11.5 Å². The molecule has 41 heavy (non-hydrogen) atoms. The Labute approximate surface area is 251 Å². The van der Waals surface area contributed by atoms with Crippen molar-refractivity contribution in [2.45, 2.75) is 167 Å². The molecule has 0 unspecified atom stereocenters. The van der Waals surface area contributed by atoms with E-state index in [-0.39, 0.29) is 11.5 Å². The van der Waals surface area contributed by atoms with Crippen LogP contribution < -0.4 is 0 Å². The number of unbranched alkanes of at least 4 members (excludes halogenated alkanes) is 6. The molecule has 0 saturated heterocycles. The van der Waals surface area contributed by atoms with Crippen LogP contribution in [0.4, 0.5) is 0 Å². The molecule has 0 bridgehead atoms. The second kappa shape index (κ2) is 17.8. The molecule has 5 heteroatoms. The lowest BCUT2D eigenvalue weighted by atomic mass is 9.92. The van der Waals surface area contributed by atoms with Gasteiger partial charge in [0.05, 0.1) is 9.79 Å². The summed E-state index contributed by atoms with van der Waals surface area (Å²) in [4.78, 5) is 0.900. The van der Waals surface area contributed by atoms with E-state index >= 15 is 8.42 Å². The van der Waals surface area contributed by atoms with Crippen LogP contribution in [0.3, 0.4) is 0 Å². The molecule has 0 aliphatic heterocycles. The molecule has 4 nitrogen and oxygen atoms in total. The predicted octanol–water partition coefficient (Wildman–Crippen LogP) is 9.99. The Hall–Kier alpha value is -2.01. The number of aryl methyl sites for hydroxylation is 2. The molecule has 0 saturated carbocycles. The van der Waals surface area contributed by atoms with E-state index < -0.39 is 9.84 Å². The number of hydrogen-bond acceptors (Lipinski definition) is 4. The summed E-state index contributed by atoms with van der Waals surface area (Å²) in [6.45, 7) is 12.8. The maximum absolute atomic E-state index is 15.3. The first-order valence-corrected chi connectivity index (χ1v) is 18.2. The minimum absolute atomic E-state index is 0.251. The molecule has 0 amide bonds. The number of phenols is 2. The first-order valence-electron chi connectivity index (χ1n) is 16.7. The summed E-state index contributed by atoms with van der Waals surface area (Å²) >= 11 is 0. The minimum atomic E-state index is -3.93. The fourth-order valence-electron chi connectivity index (χ4n) is 5.98. The first-order chi connectivity index (χ1) is 19.7. The van der Waals surface area contributed by atoms with E-state index in [1.807, 2.05) is 0 Å². The lowest BCUT2D eigenvalue weighted by molar-refractivity contribution is 0.462. The number of aromatic hydroxyl groups is 2. The molecule has 0 aliphatic rings. The van der Waals surface area contributed by atoms with Crippen LogP contribution in [0, 0.1) is 0 Å². The van der Waals surface area contributed by atoms with E-state index in [1.165, 1.54) is 0 Å². The molecule has 2 aromatic carbocycles. The second-order valence-electron chi connectivity index (χ2n) is 11.8. The number of sulfone groups is 1. The molecule has 0 spiro atoms. The van der Waals surface area contributed by atoms with Crippen molar-refractivity contribution < 1.29 is 18.6 Å². The summed E-state index contributed by atoms with van der Waals surface area (Å²) in [6, 6.07) is 3.53. The summed E-state index contributed by atoms with van der Waals surface area (Å²) in [5.41, 5.74) is 4.79. The predicted molar refractivity (Wildman–Crippen MR) is 173 cm³/mol. The third-order valence-electron chi connectivity index (χ3n) is 8.36. The zero-order valence-electron chi connectivity index (χ0n) is 27.0. The van der Waals surface area contributed by atoms with Gasteiger partial charge in [0.25, 0.3) is 0 Å². The van der Waals surface area contributed by atoms with Gasteiger partial charge in [-0.1, -0.05) is 80.1 Å². The number of hydrogen-bond donors (Lipinski definition) is 2. The minimum Gasteiger partial charge on any atom is -0.508 e. The van der Waals surface area contributed by atoms with Crippen LogP contribution in [0.5, 0.6) is 11.5 Å². The summed E-state index contributed by atoms with van der Waals surface area (Å²) in [6.07, 6.45) is 15.0. The monoisotopic (exact) mass is 586 g/mol. The second-order valence-corrected chi connectivity index (χ2v) is 13.6. The number of phenolic OH excluding ortho intramolecular Hbond substituents is 2. The largest absolute Gasteiger partial charge is 0.508 e. The van der Waals surface area contributed by atoms with Crippen LogP contribution >= 0.6 is 0 Å². The summed E-state index contributed by atoms with van der Waals surface area (Å²) in [5.74, 6) is 0.503. The lowest BCUT2D eigenvalue weighted by Gasteiger charge is -2.25. The lowest BCUT2D eigenvalue weighted by Crippen LogP contribution is -2.17. The summed E-state index contributed by atoms with van der Waals surface area (Å²) in [5, 5.41) is 22.5. The van der Waals surface area contributed by atoms with Crippen LogP contribution in [0.15, 0.2) is 21.9 Å². The van der Waals surface area contributed by atoms with Crippen LogP contribution in [0.25, 0.3) is 0 Å². The van der Waals surface area contributed by atoms with Gasteiger partial charge in [0.1, 0.15) is 11.5 Å². The van der Waals surface area contributed by atoms with Crippen molar-refractivity contribution in [1.29, 1.82) is 0 Å². The quantitative estimate of drug-likeness (QED) is 0.162. The Bertz CT molecular complexity index is 1110. The third-order valence-corrected chi connectivity index (χ3v) is 10.5. The zero-order chi connectivity index (χ0) is 30.4. The number of rotatable bonds is 20. The average molecular weight is 587 g/mol. The Balaban J connectivity index is 3.08. The number of benzene rings is 2. The van der Waals surface area contributed by atoms with Crippen molar-refractivity contribution in [3.63, 3.8) is 0 Å². The van der Waals surface area contributed by atoms with Gasteiger partial charge < -0.3 is 10.2 Å². The fraction of sp³-hybridized carbons (Fsp3) is 0.667. The van der Waals surface area contributed by atoms with E-state index in [4.69, 9.17) is 0 Å². The fourth-order valence-corrected chi connectivity index (χ4v) is 8.30. The normalized spacial score (nSPS) is 11.9. The van der Waals surface area contributed by atoms with Crippen molar-refractivity contribution in [2.75, 3.05) is 0 Å². The molecule has 2 N–H and O–H groups in total. The maximum atomic E-state index is 15.3. The van der Waals surface area contributed by atoms with Crippen LogP contribution in [0.1, 0.15) is 152 Å². The Morgan fingerprint density at radius 3 is 1.02 bits per heavy atom. The molecule has 2 aromatic rings. The summed E-state index contributed by atoms with van der Waals surface area (Å²) < 4.78 is 30.6. The van der Waals surface area contributed by atoms with Gasteiger partial charge in [0.15, 0.2) is 0 Å². The molecule has 0 atom stereocenters. The third kappa shape index (κ3) is 8.99. The van der Waals surface area contributed by atoms with E-state index in [2.05, 4.69) is 41.5 Å². The molecule has 232 valence electrons. The maximum Gasteiger partial charge on any atom is 0.207 e.